The van der Waals surface area contributed by atoms with Crippen LogP contribution in [0.25, 0.3) is 0 Å². The van der Waals surface area contributed by atoms with Gasteiger partial charge in [0.25, 0.3) is 0 Å². The number of rotatable bonds is 0. The lowest BCUT2D eigenvalue weighted by Gasteiger charge is -2.44. The second kappa shape index (κ2) is 2.26. The third-order valence-electron chi connectivity index (χ3n) is 4.43. The quantitative estimate of drug-likeness (QED) is 0.518. The molecule has 13 heavy (non-hydrogen) atoms. The molecule has 1 nitrogen and oxygen atoms in total. The van der Waals surface area contributed by atoms with Crippen molar-refractivity contribution in [3.63, 3.8) is 0 Å². The van der Waals surface area contributed by atoms with Crippen LogP contribution in [0.4, 0.5) is 0 Å². The molecule has 0 unspecified atom stereocenters. The number of ketones is 1. The van der Waals surface area contributed by atoms with Crippen LogP contribution < -0.4 is 0 Å². The van der Waals surface area contributed by atoms with E-state index in [0.29, 0.717) is 23.5 Å². The van der Waals surface area contributed by atoms with Gasteiger partial charge in [0.1, 0.15) is 5.78 Å². The largest absolute Gasteiger partial charge is 0.299 e. The van der Waals surface area contributed by atoms with Gasteiger partial charge in [0.15, 0.2) is 0 Å². The van der Waals surface area contributed by atoms with Gasteiger partial charge in [-0.25, -0.2) is 0 Å². The maximum atomic E-state index is 12.0. The molecular weight excluding hydrogens is 160 g/mol. The molecule has 70 valence electrons. The second-order valence-electron chi connectivity index (χ2n) is 5.23. The smallest absolute Gasteiger partial charge is 0.140 e. The standard InChI is InChI=1S/C12H16O/c1-12-6-5-8(7-12)9-3-2-4-10(12)11(9)13/h5-6,8-10H,2-4,7H2,1H3/t8-,9+,10+,12+/m1/s1. The van der Waals surface area contributed by atoms with E-state index in [9.17, 15) is 4.79 Å². The Hall–Kier alpha value is -0.590. The third-order valence-corrected chi connectivity index (χ3v) is 4.43. The Morgan fingerprint density at radius 1 is 1.46 bits per heavy atom. The van der Waals surface area contributed by atoms with Crippen LogP contribution in [0.3, 0.4) is 0 Å². The van der Waals surface area contributed by atoms with Crippen LogP contribution in [0, 0.1) is 23.2 Å². The number of hydrogen-bond acceptors (Lipinski definition) is 1. The molecule has 4 atom stereocenters. The van der Waals surface area contributed by atoms with E-state index >= 15 is 0 Å². The van der Waals surface area contributed by atoms with Gasteiger partial charge in [-0.15, -0.1) is 0 Å². The maximum Gasteiger partial charge on any atom is 0.140 e. The minimum atomic E-state index is 0.235. The molecule has 0 aromatic carbocycles. The summed E-state index contributed by atoms with van der Waals surface area (Å²) in [5.74, 6) is 1.93. The summed E-state index contributed by atoms with van der Waals surface area (Å²) in [5, 5.41) is 0. The molecule has 4 bridgehead atoms. The summed E-state index contributed by atoms with van der Waals surface area (Å²) in [6.45, 7) is 2.27. The van der Waals surface area contributed by atoms with Gasteiger partial charge >= 0.3 is 0 Å². The average Bonchev–Trinajstić information content (AvgIpc) is 2.45. The van der Waals surface area contributed by atoms with Crippen molar-refractivity contribution in [3.8, 4) is 0 Å². The summed E-state index contributed by atoms with van der Waals surface area (Å²) in [7, 11) is 0. The average molecular weight is 176 g/mol. The first-order valence-electron chi connectivity index (χ1n) is 5.44. The zero-order valence-corrected chi connectivity index (χ0v) is 8.12. The van der Waals surface area contributed by atoms with Gasteiger partial charge in [0.2, 0.25) is 0 Å². The molecule has 0 N–H and O–H groups in total. The van der Waals surface area contributed by atoms with Crippen LogP contribution >= 0.6 is 0 Å². The molecule has 0 saturated heterocycles. The van der Waals surface area contributed by atoms with Crippen LogP contribution in [0.5, 0.6) is 0 Å². The van der Waals surface area contributed by atoms with Crippen molar-refractivity contribution in [3.05, 3.63) is 12.2 Å². The molecule has 0 aromatic rings. The Balaban J connectivity index is 2.07. The van der Waals surface area contributed by atoms with E-state index in [1.54, 1.807) is 0 Å². The lowest BCUT2D eigenvalue weighted by molar-refractivity contribution is -0.138. The van der Waals surface area contributed by atoms with Crippen molar-refractivity contribution in [1.82, 2.24) is 0 Å². The molecule has 3 rings (SSSR count). The van der Waals surface area contributed by atoms with Crippen molar-refractivity contribution in [2.75, 3.05) is 0 Å². The number of Topliss-reactive ketones (excluding diaryl/α,β-unsaturated/α-hetero) is 1. The fourth-order valence-electron chi connectivity index (χ4n) is 3.69. The lowest BCUT2D eigenvalue weighted by atomic mass is 9.58. The molecule has 0 aliphatic heterocycles. The normalized spacial score (nSPS) is 52.7. The first-order valence-corrected chi connectivity index (χ1v) is 5.44. The molecule has 1 heteroatoms. The monoisotopic (exact) mass is 176 g/mol. The van der Waals surface area contributed by atoms with Crippen LogP contribution in [0.1, 0.15) is 32.6 Å². The number of carbonyl (C=O) groups is 1. The van der Waals surface area contributed by atoms with E-state index < -0.39 is 0 Å². The Kier molecular flexibility index (Phi) is 1.35. The van der Waals surface area contributed by atoms with Gasteiger partial charge < -0.3 is 0 Å². The summed E-state index contributed by atoms with van der Waals surface area (Å²) < 4.78 is 0. The van der Waals surface area contributed by atoms with E-state index in [0.717, 1.165) is 12.8 Å². The topological polar surface area (TPSA) is 17.1 Å². The van der Waals surface area contributed by atoms with Crippen LogP contribution in [0.2, 0.25) is 0 Å². The summed E-state index contributed by atoms with van der Waals surface area (Å²) in [4.78, 5) is 12.0. The molecule has 0 spiro atoms. The Morgan fingerprint density at radius 3 is 3.15 bits per heavy atom. The Labute approximate surface area is 79.2 Å². The lowest BCUT2D eigenvalue weighted by Crippen LogP contribution is -2.44. The fraction of sp³-hybridized carbons (Fsp3) is 0.750. The Morgan fingerprint density at radius 2 is 2.31 bits per heavy atom. The van der Waals surface area contributed by atoms with Crippen molar-refractivity contribution < 1.29 is 4.79 Å². The highest BCUT2D eigenvalue weighted by molar-refractivity contribution is 5.87. The van der Waals surface area contributed by atoms with Gasteiger partial charge in [-0.2, -0.15) is 0 Å². The molecule has 0 radical (unpaired) electrons. The predicted octanol–water partition coefficient (Wildman–Crippen LogP) is 2.57. The Bertz CT molecular complexity index is 291. The highest BCUT2D eigenvalue weighted by Gasteiger charge is 2.52. The SMILES string of the molecule is C[C@]12C=C[C@H](C1)[C@@H]1CCC[C@H]2C1=O. The number of fused-ring (bicyclic) bond motifs is 6. The second-order valence-corrected chi connectivity index (χ2v) is 5.23. The van der Waals surface area contributed by atoms with Gasteiger partial charge in [-0.3, -0.25) is 4.79 Å². The van der Waals surface area contributed by atoms with Crippen molar-refractivity contribution in [2.45, 2.75) is 32.6 Å². The van der Waals surface area contributed by atoms with Crippen LogP contribution in [0.15, 0.2) is 12.2 Å². The van der Waals surface area contributed by atoms with Crippen molar-refractivity contribution in [1.29, 1.82) is 0 Å². The molecule has 0 amide bonds. The first kappa shape index (κ1) is 7.78. The van der Waals surface area contributed by atoms with E-state index in [1.165, 1.54) is 12.8 Å². The number of carbonyl (C=O) groups excluding carboxylic acids is 1. The van der Waals surface area contributed by atoms with Gasteiger partial charge in [0, 0.05) is 11.8 Å². The summed E-state index contributed by atoms with van der Waals surface area (Å²) in [5.41, 5.74) is 0.235. The third kappa shape index (κ3) is 0.853. The van der Waals surface area contributed by atoms with Crippen LogP contribution in [-0.2, 0) is 4.79 Å². The molecule has 0 heterocycles. The molecule has 3 aliphatic rings. The summed E-state index contributed by atoms with van der Waals surface area (Å²) >= 11 is 0. The van der Waals surface area contributed by atoms with Gasteiger partial charge in [0.05, 0.1) is 0 Å². The first-order chi connectivity index (χ1) is 6.21. The highest BCUT2D eigenvalue weighted by atomic mass is 16.1. The zero-order valence-electron chi connectivity index (χ0n) is 8.12. The molecule has 0 aromatic heterocycles. The minimum Gasteiger partial charge on any atom is -0.299 e. The number of hydrogen-bond donors (Lipinski definition) is 0. The van der Waals surface area contributed by atoms with E-state index in [1.807, 2.05) is 0 Å². The summed E-state index contributed by atoms with van der Waals surface area (Å²) in [6, 6.07) is 0. The fourth-order valence-corrected chi connectivity index (χ4v) is 3.69. The predicted molar refractivity (Wildman–Crippen MR) is 51.2 cm³/mol. The van der Waals surface area contributed by atoms with Gasteiger partial charge in [-0.1, -0.05) is 25.5 Å². The summed E-state index contributed by atoms with van der Waals surface area (Å²) in [6.07, 6.45) is 9.45. The zero-order chi connectivity index (χ0) is 9.05. The molecule has 3 aliphatic carbocycles. The van der Waals surface area contributed by atoms with Crippen molar-refractivity contribution >= 4 is 5.78 Å². The van der Waals surface area contributed by atoms with Crippen molar-refractivity contribution in [2.24, 2.45) is 23.2 Å². The maximum absolute atomic E-state index is 12.0. The molecular formula is C12H16O. The number of allylic oxidation sites excluding steroid dienone is 2. The van der Waals surface area contributed by atoms with Crippen LogP contribution in [-0.4, -0.2) is 5.78 Å². The van der Waals surface area contributed by atoms with E-state index in [-0.39, 0.29) is 5.41 Å². The highest BCUT2D eigenvalue weighted by Crippen LogP contribution is 2.55. The van der Waals surface area contributed by atoms with Gasteiger partial charge in [-0.05, 0) is 30.6 Å². The van der Waals surface area contributed by atoms with E-state index in [4.69, 9.17) is 0 Å². The van der Waals surface area contributed by atoms with E-state index in [2.05, 4.69) is 19.1 Å². The minimum absolute atomic E-state index is 0.235. The molecule has 2 fully saturated rings. The molecule has 2 saturated carbocycles.